The minimum atomic E-state index is -0.663. The molecule has 1 aliphatic rings. The molecule has 1 heterocycles. The maximum absolute atomic E-state index is 12.5. The quantitative estimate of drug-likeness (QED) is 0.915. The van der Waals surface area contributed by atoms with Crippen LogP contribution in [0.5, 0.6) is 5.75 Å². The Morgan fingerprint density at radius 1 is 1.16 bits per heavy atom. The summed E-state index contributed by atoms with van der Waals surface area (Å²) in [6.45, 7) is 3.89. The number of hydrazine groups is 1. The van der Waals surface area contributed by atoms with Crippen molar-refractivity contribution in [2.24, 2.45) is 0 Å². The number of hydrogen-bond acceptors (Lipinski definition) is 4. The lowest BCUT2D eigenvalue weighted by molar-refractivity contribution is -0.132. The average molecular weight is 356 g/mol. The number of amides is 2. The molecule has 0 saturated carbocycles. The average Bonchev–Trinajstić information content (AvgIpc) is 2.92. The van der Waals surface area contributed by atoms with Crippen LogP contribution in [0.1, 0.15) is 28.4 Å². The first kappa shape index (κ1) is 17.4. The van der Waals surface area contributed by atoms with Crippen molar-refractivity contribution in [1.29, 1.82) is 0 Å². The Bertz CT molecular complexity index is 789. The normalized spacial score (nSPS) is 19.8. The van der Waals surface area contributed by atoms with E-state index >= 15 is 0 Å². The highest BCUT2D eigenvalue weighted by molar-refractivity contribution is 8.01. The highest BCUT2D eigenvalue weighted by Crippen LogP contribution is 2.44. The van der Waals surface area contributed by atoms with Gasteiger partial charge in [0, 0.05) is 5.56 Å². The highest BCUT2D eigenvalue weighted by Gasteiger charge is 2.45. The van der Waals surface area contributed by atoms with Gasteiger partial charge in [0.1, 0.15) is 10.6 Å². The van der Waals surface area contributed by atoms with E-state index in [1.807, 2.05) is 50.2 Å². The predicted octanol–water partition coefficient (Wildman–Crippen LogP) is 3.10. The monoisotopic (exact) mass is 356 g/mol. The molecule has 1 aliphatic heterocycles. The van der Waals surface area contributed by atoms with Crippen LogP contribution in [0.25, 0.3) is 0 Å². The van der Waals surface area contributed by atoms with Gasteiger partial charge < -0.3 is 4.74 Å². The molecule has 1 saturated heterocycles. The van der Waals surface area contributed by atoms with E-state index in [9.17, 15) is 9.59 Å². The van der Waals surface area contributed by atoms with Gasteiger partial charge in [-0.2, -0.15) is 0 Å². The molecule has 1 fully saturated rings. The standard InChI is InChI=1S/C19H20N2O3S/c1-13-4-6-14(7-5-13)18(23)20-21-17(22)12-25-19(21,2)15-8-10-16(24-3)11-9-15/h4-11H,12H2,1-3H3,(H,20,23). The molecule has 2 amide bonds. The van der Waals surface area contributed by atoms with E-state index in [0.29, 0.717) is 11.3 Å². The number of benzene rings is 2. The zero-order valence-electron chi connectivity index (χ0n) is 14.4. The number of carbonyl (C=O) groups excluding carboxylic acids is 2. The van der Waals surface area contributed by atoms with E-state index in [4.69, 9.17) is 4.74 Å². The molecule has 3 rings (SSSR count). The number of methoxy groups -OCH3 is 1. The van der Waals surface area contributed by atoms with Crippen molar-refractivity contribution in [2.75, 3.05) is 12.9 Å². The molecule has 1 atom stereocenters. The maximum atomic E-state index is 12.5. The fourth-order valence-electron chi connectivity index (χ4n) is 2.72. The first-order chi connectivity index (χ1) is 11.9. The molecule has 0 radical (unpaired) electrons. The van der Waals surface area contributed by atoms with E-state index in [-0.39, 0.29) is 11.8 Å². The molecule has 2 aromatic carbocycles. The minimum Gasteiger partial charge on any atom is -0.497 e. The molecule has 0 aliphatic carbocycles. The number of aryl methyl sites for hydroxylation is 1. The summed E-state index contributed by atoms with van der Waals surface area (Å²) < 4.78 is 5.19. The third kappa shape index (κ3) is 3.35. The topological polar surface area (TPSA) is 58.6 Å². The largest absolute Gasteiger partial charge is 0.497 e. The lowest BCUT2D eigenvalue weighted by Gasteiger charge is -2.34. The van der Waals surface area contributed by atoms with Crippen LogP contribution in [0.15, 0.2) is 48.5 Å². The number of hydrogen-bond donors (Lipinski definition) is 1. The van der Waals surface area contributed by atoms with Crippen LogP contribution < -0.4 is 10.2 Å². The van der Waals surface area contributed by atoms with Gasteiger partial charge in [-0.3, -0.25) is 15.0 Å². The van der Waals surface area contributed by atoms with Crippen LogP contribution in [0.2, 0.25) is 0 Å². The summed E-state index contributed by atoms with van der Waals surface area (Å²) in [6, 6.07) is 14.8. The molecule has 0 bridgehead atoms. The Morgan fingerprint density at radius 3 is 2.40 bits per heavy atom. The van der Waals surface area contributed by atoms with Crippen molar-refractivity contribution in [3.8, 4) is 5.75 Å². The van der Waals surface area contributed by atoms with Gasteiger partial charge in [-0.15, -0.1) is 11.8 Å². The Hall–Kier alpha value is -2.47. The second-order valence-corrected chi connectivity index (χ2v) is 7.41. The molecule has 1 unspecified atom stereocenters. The maximum Gasteiger partial charge on any atom is 0.269 e. The molecule has 6 heteroatoms. The first-order valence-corrected chi connectivity index (χ1v) is 8.92. The van der Waals surface area contributed by atoms with Crippen molar-refractivity contribution in [3.63, 3.8) is 0 Å². The van der Waals surface area contributed by atoms with Crippen LogP contribution in [-0.2, 0) is 9.67 Å². The number of nitrogens with one attached hydrogen (secondary N) is 1. The summed E-state index contributed by atoms with van der Waals surface area (Å²) in [4.78, 5) is 24.3. The van der Waals surface area contributed by atoms with Gasteiger partial charge in [0.25, 0.3) is 11.8 Å². The zero-order valence-corrected chi connectivity index (χ0v) is 15.2. The van der Waals surface area contributed by atoms with Crippen LogP contribution in [-0.4, -0.2) is 29.7 Å². The Labute approximate surface area is 151 Å². The SMILES string of the molecule is COc1ccc(C2(C)SCC(=O)N2NC(=O)c2ccc(C)cc2)cc1. The summed E-state index contributed by atoms with van der Waals surface area (Å²) >= 11 is 1.49. The molecule has 25 heavy (non-hydrogen) atoms. The molecule has 1 N–H and O–H groups in total. The number of carbonyl (C=O) groups is 2. The molecule has 130 valence electrons. The zero-order chi connectivity index (χ0) is 18.0. The predicted molar refractivity (Wildman–Crippen MR) is 98.3 cm³/mol. The van der Waals surface area contributed by atoms with Crippen molar-refractivity contribution in [1.82, 2.24) is 10.4 Å². The summed E-state index contributed by atoms with van der Waals surface area (Å²) in [5.41, 5.74) is 5.30. The van der Waals surface area contributed by atoms with Gasteiger partial charge in [-0.05, 0) is 43.7 Å². The van der Waals surface area contributed by atoms with Crippen LogP contribution in [0.4, 0.5) is 0 Å². The first-order valence-electron chi connectivity index (χ1n) is 7.93. The fraction of sp³-hybridized carbons (Fsp3) is 0.263. The van der Waals surface area contributed by atoms with Gasteiger partial charge in [-0.1, -0.05) is 29.8 Å². The van der Waals surface area contributed by atoms with Gasteiger partial charge in [0.2, 0.25) is 0 Å². The van der Waals surface area contributed by atoms with E-state index in [0.717, 1.165) is 16.9 Å². The van der Waals surface area contributed by atoms with Crippen LogP contribution >= 0.6 is 11.8 Å². The van der Waals surface area contributed by atoms with Crippen LogP contribution in [0, 0.1) is 6.92 Å². The minimum absolute atomic E-state index is 0.122. The Balaban J connectivity index is 1.85. The van der Waals surface area contributed by atoms with Gasteiger partial charge in [0.05, 0.1) is 12.9 Å². The van der Waals surface area contributed by atoms with Gasteiger partial charge >= 0.3 is 0 Å². The third-order valence-electron chi connectivity index (χ3n) is 4.31. The molecular formula is C19H20N2O3S. The number of thioether (sulfide) groups is 1. The van der Waals surface area contributed by atoms with Crippen molar-refractivity contribution < 1.29 is 14.3 Å². The smallest absolute Gasteiger partial charge is 0.269 e. The van der Waals surface area contributed by atoms with Crippen molar-refractivity contribution >= 4 is 23.6 Å². The summed E-state index contributed by atoms with van der Waals surface area (Å²) in [7, 11) is 1.61. The molecule has 2 aromatic rings. The molecule has 5 nitrogen and oxygen atoms in total. The van der Waals surface area contributed by atoms with Gasteiger partial charge in [0.15, 0.2) is 0 Å². The third-order valence-corrected chi connectivity index (χ3v) is 5.68. The lowest BCUT2D eigenvalue weighted by Crippen LogP contribution is -2.51. The number of ether oxygens (including phenoxy) is 1. The van der Waals surface area contributed by atoms with E-state index in [1.54, 1.807) is 19.2 Å². The number of nitrogens with zero attached hydrogens (tertiary/aromatic N) is 1. The van der Waals surface area contributed by atoms with Crippen molar-refractivity contribution in [3.05, 3.63) is 65.2 Å². The lowest BCUT2D eigenvalue weighted by atomic mass is 10.1. The van der Waals surface area contributed by atoms with Crippen molar-refractivity contribution in [2.45, 2.75) is 18.7 Å². The van der Waals surface area contributed by atoms with E-state index in [2.05, 4.69) is 5.43 Å². The Morgan fingerprint density at radius 2 is 1.80 bits per heavy atom. The van der Waals surface area contributed by atoms with E-state index in [1.165, 1.54) is 16.8 Å². The Kier molecular flexibility index (Phi) is 4.72. The summed E-state index contributed by atoms with van der Waals surface area (Å²) in [5, 5.41) is 1.43. The summed E-state index contributed by atoms with van der Waals surface area (Å²) in [6.07, 6.45) is 0. The fourth-order valence-corrected chi connectivity index (χ4v) is 3.84. The summed E-state index contributed by atoms with van der Waals surface area (Å²) in [5.74, 6) is 0.646. The highest BCUT2D eigenvalue weighted by atomic mass is 32.2. The molecular weight excluding hydrogens is 336 g/mol. The second-order valence-electron chi connectivity index (χ2n) is 6.04. The van der Waals surface area contributed by atoms with Crippen LogP contribution in [0.3, 0.4) is 0 Å². The molecule has 0 spiro atoms. The number of rotatable bonds is 4. The van der Waals surface area contributed by atoms with E-state index < -0.39 is 4.87 Å². The van der Waals surface area contributed by atoms with Gasteiger partial charge in [-0.25, -0.2) is 5.01 Å². The second kappa shape index (κ2) is 6.80. The molecule has 0 aromatic heterocycles.